The monoisotopic (exact) mass is 517 g/mol. The number of hydrogen-bond donors (Lipinski definition) is 1. The smallest absolute Gasteiger partial charge is 0.174 e. The van der Waals surface area contributed by atoms with Crippen molar-refractivity contribution in [1.29, 1.82) is 0 Å². The van der Waals surface area contributed by atoms with E-state index in [9.17, 15) is 0 Å². The lowest BCUT2D eigenvalue weighted by Gasteiger charge is -2.29. The Hall–Kier alpha value is -3.16. The maximum atomic E-state index is 5.85. The van der Waals surface area contributed by atoms with E-state index in [0.717, 1.165) is 27.2 Å². The zero-order valence-electron chi connectivity index (χ0n) is 18.4. The Labute approximate surface area is 207 Å². The molecule has 0 aliphatic carbocycles. The number of halogens is 1. The fourth-order valence-corrected chi connectivity index (χ4v) is 4.93. The number of aromatic nitrogens is 2. The van der Waals surface area contributed by atoms with Gasteiger partial charge in [-0.05, 0) is 85.0 Å². The van der Waals surface area contributed by atoms with Gasteiger partial charge in [0.05, 0.1) is 11.7 Å². The maximum absolute atomic E-state index is 5.85. The van der Waals surface area contributed by atoms with Crippen molar-refractivity contribution in [1.82, 2.24) is 14.9 Å². The van der Waals surface area contributed by atoms with Crippen molar-refractivity contribution in [2.45, 2.75) is 12.1 Å². The second-order valence-corrected chi connectivity index (χ2v) is 9.49. The van der Waals surface area contributed by atoms with Crippen LogP contribution in [0.15, 0.2) is 95.7 Å². The molecule has 5 nitrogen and oxygen atoms in total. The van der Waals surface area contributed by atoms with Crippen LogP contribution in [-0.2, 0) is 0 Å². The van der Waals surface area contributed by atoms with Gasteiger partial charge in [0.15, 0.2) is 5.11 Å². The van der Waals surface area contributed by atoms with Gasteiger partial charge in [-0.1, -0.05) is 22.0 Å². The summed E-state index contributed by atoms with van der Waals surface area (Å²) in [7, 11) is 4.10. The molecule has 1 N–H and O–H groups in total. The van der Waals surface area contributed by atoms with Gasteiger partial charge >= 0.3 is 0 Å². The van der Waals surface area contributed by atoms with E-state index < -0.39 is 0 Å². The number of rotatable bonds is 5. The molecule has 0 spiro atoms. The van der Waals surface area contributed by atoms with Crippen LogP contribution in [0, 0.1) is 0 Å². The lowest BCUT2D eigenvalue weighted by Crippen LogP contribution is -2.30. The second kappa shape index (κ2) is 9.00. The molecule has 1 aliphatic heterocycles. The molecule has 0 amide bonds. The molecule has 0 saturated carbocycles. The Balaban J connectivity index is 1.63. The van der Waals surface area contributed by atoms with Crippen LogP contribution in [0.5, 0.6) is 0 Å². The largest absolute Gasteiger partial charge is 0.378 e. The van der Waals surface area contributed by atoms with Crippen molar-refractivity contribution in [2.75, 3.05) is 23.9 Å². The van der Waals surface area contributed by atoms with Crippen LogP contribution in [0.4, 0.5) is 11.4 Å². The van der Waals surface area contributed by atoms with Gasteiger partial charge in [0.2, 0.25) is 0 Å². The fraction of sp³-hybridized carbons (Fsp3) is 0.154. The van der Waals surface area contributed by atoms with Gasteiger partial charge in [-0.15, -0.1) is 0 Å². The summed E-state index contributed by atoms with van der Waals surface area (Å²) < 4.78 is 3.27. The first-order valence-corrected chi connectivity index (χ1v) is 11.9. The number of nitrogens with zero attached hydrogens (tertiary/aromatic N) is 4. The third-order valence-corrected chi connectivity index (χ3v) is 6.77. The van der Waals surface area contributed by atoms with Crippen molar-refractivity contribution in [3.8, 4) is 5.69 Å². The molecule has 33 heavy (non-hydrogen) atoms. The average molecular weight is 518 g/mol. The van der Waals surface area contributed by atoms with Crippen molar-refractivity contribution >= 4 is 44.6 Å². The number of hydrogen-bond acceptors (Lipinski definition) is 3. The van der Waals surface area contributed by atoms with Gasteiger partial charge in [0, 0.05) is 53.7 Å². The molecule has 2 aromatic heterocycles. The van der Waals surface area contributed by atoms with Gasteiger partial charge in [-0.2, -0.15) is 0 Å². The van der Waals surface area contributed by atoms with Gasteiger partial charge in [-0.25, -0.2) is 0 Å². The molecule has 0 radical (unpaired) electrons. The quantitative estimate of drug-likeness (QED) is 0.334. The minimum absolute atomic E-state index is 0.0721. The number of thiocarbonyl (C=S) groups is 1. The molecule has 7 heteroatoms. The van der Waals surface area contributed by atoms with E-state index in [2.05, 4.69) is 115 Å². The van der Waals surface area contributed by atoms with E-state index in [1.54, 1.807) is 0 Å². The first kappa shape index (κ1) is 21.7. The van der Waals surface area contributed by atoms with Gasteiger partial charge in [0.25, 0.3) is 0 Å². The Kier molecular flexibility index (Phi) is 5.91. The number of nitrogens with one attached hydrogen (secondary N) is 1. The summed E-state index contributed by atoms with van der Waals surface area (Å²) in [5.41, 5.74) is 5.40. The van der Waals surface area contributed by atoms with Crippen LogP contribution in [0.1, 0.15) is 23.5 Å². The molecule has 5 rings (SSSR count). The first-order chi connectivity index (χ1) is 16.0. The van der Waals surface area contributed by atoms with Crippen molar-refractivity contribution in [3.63, 3.8) is 0 Å². The number of anilines is 2. The van der Waals surface area contributed by atoms with E-state index in [1.165, 1.54) is 5.69 Å². The summed E-state index contributed by atoms with van der Waals surface area (Å²) in [4.78, 5) is 8.96. The van der Waals surface area contributed by atoms with E-state index in [1.807, 2.05) is 30.5 Å². The van der Waals surface area contributed by atoms with E-state index in [4.69, 9.17) is 12.2 Å². The van der Waals surface area contributed by atoms with Crippen molar-refractivity contribution in [3.05, 3.63) is 107 Å². The lowest BCUT2D eigenvalue weighted by atomic mass is 10.0. The lowest BCUT2D eigenvalue weighted by molar-refractivity contribution is 0.549. The minimum Gasteiger partial charge on any atom is -0.378 e. The molecular weight excluding hydrogens is 494 g/mol. The van der Waals surface area contributed by atoms with Crippen LogP contribution in [0.2, 0.25) is 0 Å². The van der Waals surface area contributed by atoms with Gasteiger partial charge in [0.1, 0.15) is 6.04 Å². The third kappa shape index (κ3) is 4.14. The predicted molar refractivity (Wildman–Crippen MR) is 142 cm³/mol. The third-order valence-electron chi connectivity index (χ3n) is 5.93. The molecule has 2 atom stereocenters. The molecular formula is C26H24BrN5S. The van der Waals surface area contributed by atoms with Gasteiger partial charge < -0.3 is 19.7 Å². The Bertz CT molecular complexity index is 1250. The zero-order chi connectivity index (χ0) is 22.9. The predicted octanol–water partition coefficient (Wildman–Crippen LogP) is 5.88. The minimum atomic E-state index is -0.0861. The summed E-state index contributed by atoms with van der Waals surface area (Å²) in [6.07, 6.45) is 3.94. The molecule has 1 aliphatic rings. The Morgan fingerprint density at radius 2 is 1.64 bits per heavy atom. The number of pyridine rings is 1. The highest BCUT2D eigenvalue weighted by molar-refractivity contribution is 9.10. The second-order valence-electron chi connectivity index (χ2n) is 8.19. The molecule has 3 heterocycles. The molecule has 1 fully saturated rings. The van der Waals surface area contributed by atoms with Crippen LogP contribution >= 0.6 is 28.1 Å². The summed E-state index contributed by atoms with van der Waals surface area (Å²) in [6, 6.07) is 27.0. The zero-order valence-corrected chi connectivity index (χ0v) is 20.8. The SMILES string of the molecule is CN(C)c1ccc(-n2cccc2C2C(c3ccccn3)NC(=S)N2c2ccc(Br)cc2)cc1. The molecule has 4 aromatic rings. The van der Waals surface area contributed by atoms with Crippen LogP contribution in [-0.4, -0.2) is 28.8 Å². The highest BCUT2D eigenvalue weighted by atomic mass is 79.9. The molecule has 1 saturated heterocycles. The number of benzene rings is 2. The summed E-state index contributed by atoms with van der Waals surface area (Å²) >= 11 is 9.39. The van der Waals surface area contributed by atoms with Crippen molar-refractivity contribution in [2.24, 2.45) is 0 Å². The maximum Gasteiger partial charge on any atom is 0.174 e. The van der Waals surface area contributed by atoms with Crippen LogP contribution in [0.3, 0.4) is 0 Å². The van der Waals surface area contributed by atoms with Crippen LogP contribution in [0.25, 0.3) is 5.69 Å². The molecule has 2 unspecified atom stereocenters. The van der Waals surface area contributed by atoms with Crippen LogP contribution < -0.4 is 15.1 Å². The molecule has 2 aromatic carbocycles. The first-order valence-electron chi connectivity index (χ1n) is 10.7. The van der Waals surface area contributed by atoms with E-state index in [-0.39, 0.29) is 12.1 Å². The Morgan fingerprint density at radius 3 is 2.30 bits per heavy atom. The Morgan fingerprint density at radius 1 is 0.909 bits per heavy atom. The standard InChI is InChI=1S/C26H24BrN5S/c1-30(2)19-12-14-20(15-13-19)31-17-5-7-23(31)25-24(22-6-3-4-16-28-22)29-26(33)32(25)21-10-8-18(27)9-11-21/h3-17,24-25H,1-2H3,(H,29,33). The van der Waals surface area contributed by atoms with Crippen molar-refractivity contribution < 1.29 is 0 Å². The highest BCUT2D eigenvalue weighted by Crippen LogP contribution is 2.42. The van der Waals surface area contributed by atoms with E-state index >= 15 is 0 Å². The van der Waals surface area contributed by atoms with E-state index in [0.29, 0.717) is 5.11 Å². The fourth-order valence-electron chi connectivity index (χ4n) is 4.32. The summed E-state index contributed by atoms with van der Waals surface area (Å²) in [5, 5.41) is 4.23. The normalized spacial score (nSPS) is 17.8. The topological polar surface area (TPSA) is 36.3 Å². The molecule has 166 valence electrons. The van der Waals surface area contributed by atoms with Gasteiger partial charge in [-0.3, -0.25) is 4.98 Å². The summed E-state index contributed by atoms with van der Waals surface area (Å²) in [6.45, 7) is 0. The summed E-state index contributed by atoms with van der Waals surface area (Å²) in [5.74, 6) is 0. The average Bonchev–Trinajstić information content (AvgIpc) is 3.44. The molecule has 0 bridgehead atoms. The highest BCUT2D eigenvalue weighted by Gasteiger charge is 2.42.